The molecule has 3 heterocycles. The Hall–Kier alpha value is -1.47. The minimum absolute atomic E-state index is 0.0593. The van der Waals surface area contributed by atoms with Gasteiger partial charge >= 0.3 is 0 Å². The molecule has 24 heavy (non-hydrogen) atoms. The number of rotatable bonds is 4. The van der Waals surface area contributed by atoms with Gasteiger partial charge in [0, 0.05) is 24.5 Å². The molecule has 2 aliphatic heterocycles. The van der Waals surface area contributed by atoms with Crippen molar-refractivity contribution in [2.45, 2.75) is 58.2 Å². The molecular formula is C17H26N4O2S. The van der Waals surface area contributed by atoms with E-state index >= 15 is 0 Å². The third-order valence-electron chi connectivity index (χ3n) is 4.94. The first-order valence-corrected chi connectivity index (χ1v) is 9.59. The average molecular weight is 350 g/mol. The van der Waals surface area contributed by atoms with E-state index in [1.54, 1.807) is 10.3 Å². The topological polar surface area (TPSA) is 79.5 Å². The Balaban J connectivity index is 1.74. The van der Waals surface area contributed by atoms with E-state index in [4.69, 9.17) is 5.73 Å². The standard InChI is InChI=1S/C17H26N4O2S/c1-10(2)7-13(18)15-19-14(9-24-15)17(23)21-8-12-5-4-6-20(12)16(22)11(21)3/h9-13H,4-8,18H2,1-3H3/t11-,12-,13-/m0/s1. The van der Waals surface area contributed by atoms with Crippen LogP contribution < -0.4 is 5.73 Å². The van der Waals surface area contributed by atoms with Crippen LogP contribution in [0.25, 0.3) is 0 Å². The van der Waals surface area contributed by atoms with Crippen molar-refractivity contribution in [3.63, 3.8) is 0 Å². The Labute approximate surface area is 147 Å². The maximum atomic E-state index is 12.9. The molecule has 0 aliphatic carbocycles. The molecule has 2 saturated heterocycles. The molecule has 132 valence electrons. The molecule has 3 atom stereocenters. The lowest BCUT2D eigenvalue weighted by Gasteiger charge is -2.41. The zero-order valence-corrected chi connectivity index (χ0v) is 15.4. The van der Waals surface area contributed by atoms with Gasteiger partial charge in [-0.2, -0.15) is 0 Å². The van der Waals surface area contributed by atoms with Crippen LogP contribution >= 0.6 is 11.3 Å². The average Bonchev–Trinajstić information content (AvgIpc) is 3.18. The Morgan fingerprint density at radius 3 is 2.96 bits per heavy atom. The van der Waals surface area contributed by atoms with E-state index in [1.807, 2.05) is 11.8 Å². The van der Waals surface area contributed by atoms with Gasteiger partial charge in [0.15, 0.2) is 0 Å². The number of thiazole rings is 1. The van der Waals surface area contributed by atoms with E-state index in [-0.39, 0.29) is 23.9 Å². The van der Waals surface area contributed by atoms with Gasteiger partial charge in [0.1, 0.15) is 16.7 Å². The second-order valence-electron chi connectivity index (χ2n) is 7.27. The fourth-order valence-corrected chi connectivity index (χ4v) is 4.45. The molecule has 6 nitrogen and oxygen atoms in total. The highest BCUT2D eigenvalue weighted by atomic mass is 32.1. The molecule has 7 heteroatoms. The molecule has 0 bridgehead atoms. The maximum absolute atomic E-state index is 12.9. The predicted octanol–water partition coefficient (Wildman–Crippen LogP) is 2.02. The summed E-state index contributed by atoms with van der Waals surface area (Å²) >= 11 is 1.43. The fourth-order valence-electron chi connectivity index (χ4n) is 3.64. The van der Waals surface area contributed by atoms with Crippen LogP contribution in [0.4, 0.5) is 0 Å². The highest BCUT2D eigenvalue weighted by molar-refractivity contribution is 7.09. The summed E-state index contributed by atoms with van der Waals surface area (Å²) < 4.78 is 0. The largest absolute Gasteiger partial charge is 0.336 e. The quantitative estimate of drug-likeness (QED) is 0.901. The summed E-state index contributed by atoms with van der Waals surface area (Å²) in [6.07, 6.45) is 2.84. The number of nitrogens with two attached hydrogens (primary N) is 1. The fraction of sp³-hybridized carbons (Fsp3) is 0.706. The summed E-state index contributed by atoms with van der Waals surface area (Å²) in [6.45, 7) is 7.48. The molecule has 3 rings (SSSR count). The molecule has 0 aromatic carbocycles. The minimum atomic E-state index is -0.415. The first-order valence-electron chi connectivity index (χ1n) is 8.71. The van der Waals surface area contributed by atoms with Crippen molar-refractivity contribution in [1.82, 2.24) is 14.8 Å². The number of hydrogen-bond acceptors (Lipinski definition) is 5. The number of carbonyl (C=O) groups is 2. The van der Waals surface area contributed by atoms with E-state index < -0.39 is 6.04 Å². The van der Waals surface area contributed by atoms with Gasteiger partial charge in [0.25, 0.3) is 5.91 Å². The van der Waals surface area contributed by atoms with Crippen molar-refractivity contribution < 1.29 is 9.59 Å². The van der Waals surface area contributed by atoms with Crippen LogP contribution in [0.5, 0.6) is 0 Å². The molecule has 2 N–H and O–H groups in total. The maximum Gasteiger partial charge on any atom is 0.274 e. The summed E-state index contributed by atoms with van der Waals surface area (Å²) in [7, 11) is 0. The van der Waals surface area contributed by atoms with Gasteiger partial charge in [-0.1, -0.05) is 13.8 Å². The van der Waals surface area contributed by atoms with Crippen LogP contribution in [-0.4, -0.2) is 51.8 Å². The summed E-state index contributed by atoms with van der Waals surface area (Å²) in [5.74, 6) is 0.391. The van der Waals surface area contributed by atoms with Crippen molar-refractivity contribution in [2.24, 2.45) is 11.7 Å². The van der Waals surface area contributed by atoms with E-state index in [9.17, 15) is 9.59 Å². The number of piperazine rings is 1. The molecule has 2 fully saturated rings. The number of hydrogen-bond donors (Lipinski definition) is 1. The lowest BCUT2D eigenvalue weighted by atomic mass is 10.1. The first kappa shape index (κ1) is 17.4. The third kappa shape index (κ3) is 3.19. The zero-order chi connectivity index (χ0) is 17.4. The van der Waals surface area contributed by atoms with E-state index in [1.165, 1.54) is 11.3 Å². The van der Waals surface area contributed by atoms with Crippen molar-refractivity contribution in [3.8, 4) is 0 Å². The number of fused-ring (bicyclic) bond motifs is 1. The molecule has 0 spiro atoms. The molecule has 0 radical (unpaired) electrons. The Morgan fingerprint density at radius 2 is 2.25 bits per heavy atom. The normalized spacial score (nSPS) is 25.3. The van der Waals surface area contributed by atoms with Crippen molar-refractivity contribution in [2.75, 3.05) is 13.1 Å². The van der Waals surface area contributed by atoms with E-state index in [0.29, 0.717) is 18.2 Å². The predicted molar refractivity (Wildman–Crippen MR) is 93.7 cm³/mol. The number of carbonyl (C=O) groups excluding carboxylic acids is 2. The molecule has 1 aromatic rings. The van der Waals surface area contributed by atoms with Crippen LogP contribution in [0, 0.1) is 5.92 Å². The SMILES string of the molecule is CC(C)C[C@H](N)c1nc(C(=O)N2C[C@@H]3CCCN3C(=O)[C@@H]2C)cs1. The molecule has 1 aromatic heterocycles. The monoisotopic (exact) mass is 350 g/mol. The Bertz CT molecular complexity index is 630. The van der Waals surface area contributed by atoms with Crippen molar-refractivity contribution in [1.29, 1.82) is 0 Å². The molecule has 0 saturated carbocycles. The summed E-state index contributed by atoms with van der Waals surface area (Å²) in [5, 5.41) is 2.57. The smallest absolute Gasteiger partial charge is 0.274 e. The Morgan fingerprint density at radius 1 is 1.50 bits per heavy atom. The molecule has 2 amide bonds. The van der Waals surface area contributed by atoms with Gasteiger partial charge in [0.05, 0.1) is 6.04 Å². The summed E-state index contributed by atoms with van der Waals surface area (Å²) in [4.78, 5) is 33.4. The van der Waals surface area contributed by atoms with Gasteiger partial charge in [-0.3, -0.25) is 9.59 Å². The highest BCUT2D eigenvalue weighted by Gasteiger charge is 2.42. The van der Waals surface area contributed by atoms with Crippen molar-refractivity contribution in [3.05, 3.63) is 16.1 Å². The second-order valence-corrected chi connectivity index (χ2v) is 8.16. The number of amides is 2. The van der Waals surface area contributed by atoms with Crippen molar-refractivity contribution >= 4 is 23.2 Å². The van der Waals surface area contributed by atoms with Gasteiger partial charge in [-0.15, -0.1) is 11.3 Å². The van der Waals surface area contributed by atoms with E-state index in [0.717, 1.165) is 30.8 Å². The van der Waals surface area contributed by atoms with Crippen LogP contribution in [0.2, 0.25) is 0 Å². The Kier molecular flexibility index (Phi) is 4.92. The summed E-state index contributed by atoms with van der Waals surface area (Å²) in [5.41, 5.74) is 6.59. The number of nitrogens with zero attached hydrogens (tertiary/aromatic N) is 3. The van der Waals surface area contributed by atoms with Crippen LogP contribution in [0.1, 0.15) is 61.6 Å². The van der Waals surface area contributed by atoms with Gasteiger partial charge in [-0.25, -0.2) is 4.98 Å². The molecular weight excluding hydrogens is 324 g/mol. The van der Waals surface area contributed by atoms with Gasteiger partial charge < -0.3 is 15.5 Å². The van der Waals surface area contributed by atoms with E-state index in [2.05, 4.69) is 18.8 Å². The zero-order valence-electron chi connectivity index (χ0n) is 14.6. The van der Waals surface area contributed by atoms with Gasteiger partial charge in [-0.05, 0) is 32.1 Å². The highest BCUT2D eigenvalue weighted by Crippen LogP contribution is 2.28. The van der Waals surface area contributed by atoms with Crippen LogP contribution in [0.3, 0.4) is 0 Å². The third-order valence-corrected chi connectivity index (χ3v) is 5.91. The second kappa shape index (κ2) is 6.80. The molecule has 2 aliphatic rings. The van der Waals surface area contributed by atoms with Gasteiger partial charge in [0.2, 0.25) is 5.91 Å². The van der Waals surface area contributed by atoms with Crippen LogP contribution in [0.15, 0.2) is 5.38 Å². The number of aromatic nitrogens is 1. The lowest BCUT2D eigenvalue weighted by Crippen LogP contribution is -2.60. The minimum Gasteiger partial charge on any atom is -0.336 e. The first-order chi connectivity index (χ1) is 11.4. The van der Waals surface area contributed by atoms with Crippen LogP contribution in [-0.2, 0) is 4.79 Å². The molecule has 0 unspecified atom stereocenters. The lowest BCUT2D eigenvalue weighted by molar-refractivity contribution is -0.141. The summed E-state index contributed by atoms with van der Waals surface area (Å²) in [6, 6.07) is -0.387.